The first-order valence-electron chi connectivity index (χ1n) is 4.45. The number of hydrogen-bond acceptors (Lipinski definition) is 2. The lowest BCUT2D eigenvalue weighted by Crippen LogP contribution is -2.34. The van der Waals surface area contributed by atoms with E-state index in [0.29, 0.717) is 0 Å². The van der Waals surface area contributed by atoms with Gasteiger partial charge in [-0.25, -0.2) is 13.6 Å². The highest BCUT2D eigenvalue weighted by Gasteiger charge is 2.41. The number of ether oxygens (including phenoxy) is 1. The summed E-state index contributed by atoms with van der Waals surface area (Å²) in [5.74, 6) is -6.08. The molecule has 17 heavy (non-hydrogen) atoms. The summed E-state index contributed by atoms with van der Waals surface area (Å²) >= 11 is 0. The monoisotopic (exact) mass is 252 g/mol. The minimum atomic E-state index is -4.31. The van der Waals surface area contributed by atoms with Crippen molar-refractivity contribution in [3.8, 4) is 5.75 Å². The van der Waals surface area contributed by atoms with Gasteiger partial charge in [-0.1, -0.05) is 12.1 Å². The van der Waals surface area contributed by atoms with E-state index in [1.165, 1.54) is 12.1 Å². The largest absolute Gasteiger partial charge is 0.486 e. The number of alkyl halides is 4. The Balaban J connectivity index is 2.79. The number of rotatable bonds is 5. The van der Waals surface area contributed by atoms with E-state index in [1.807, 2.05) is 0 Å². The molecule has 3 nitrogen and oxygen atoms in total. The molecule has 0 saturated heterocycles. The fraction of sp³-hybridized carbons (Fsp3) is 0.300. The fourth-order valence-corrected chi connectivity index (χ4v) is 1.01. The zero-order chi connectivity index (χ0) is 13.1. The maximum atomic E-state index is 12.5. The van der Waals surface area contributed by atoms with Crippen LogP contribution in [0.3, 0.4) is 0 Å². The Morgan fingerprint density at radius 3 is 2.47 bits per heavy atom. The van der Waals surface area contributed by atoms with Gasteiger partial charge in [0.25, 0.3) is 0 Å². The Morgan fingerprint density at radius 1 is 1.35 bits per heavy atom. The van der Waals surface area contributed by atoms with Crippen LogP contribution >= 0.6 is 0 Å². The predicted molar refractivity (Wildman–Crippen MR) is 49.8 cm³/mol. The van der Waals surface area contributed by atoms with Crippen molar-refractivity contribution in [1.29, 1.82) is 0 Å². The Hall–Kier alpha value is -1.79. The van der Waals surface area contributed by atoms with Crippen LogP contribution in [0.4, 0.5) is 17.6 Å². The molecule has 1 aromatic carbocycles. The molecule has 0 saturated carbocycles. The van der Waals surface area contributed by atoms with Gasteiger partial charge in [0, 0.05) is 0 Å². The van der Waals surface area contributed by atoms with E-state index < -0.39 is 24.9 Å². The van der Waals surface area contributed by atoms with E-state index in [1.54, 1.807) is 0 Å². The smallest absolute Gasteiger partial charge is 0.340 e. The van der Waals surface area contributed by atoms with Crippen molar-refractivity contribution < 1.29 is 32.2 Å². The van der Waals surface area contributed by atoms with Crippen LogP contribution < -0.4 is 4.74 Å². The van der Waals surface area contributed by atoms with Gasteiger partial charge in [-0.2, -0.15) is 8.78 Å². The van der Waals surface area contributed by atoms with Crippen LogP contribution in [0.2, 0.25) is 0 Å². The van der Waals surface area contributed by atoms with Gasteiger partial charge in [0.05, 0.1) is 0 Å². The van der Waals surface area contributed by atoms with Crippen molar-refractivity contribution in [3.63, 3.8) is 0 Å². The van der Waals surface area contributed by atoms with Crippen LogP contribution in [0.25, 0.3) is 0 Å². The van der Waals surface area contributed by atoms with Crippen molar-refractivity contribution in [3.05, 3.63) is 29.8 Å². The zero-order valence-corrected chi connectivity index (χ0v) is 8.37. The molecule has 94 valence electrons. The third-order valence-electron chi connectivity index (χ3n) is 1.86. The molecule has 0 unspecified atom stereocenters. The second-order valence-electron chi connectivity index (χ2n) is 3.15. The molecule has 0 spiro atoms. The lowest BCUT2D eigenvalue weighted by molar-refractivity contribution is -0.148. The molecule has 7 heteroatoms. The van der Waals surface area contributed by atoms with Crippen LogP contribution in [-0.4, -0.2) is 30.0 Å². The molecule has 0 aromatic heterocycles. The van der Waals surface area contributed by atoms with Gasteiger partial charge in [-0.05, 0) is 12.1 Å². The number of aromatic carboxylic acids is 1. The standard InChI is InChI=1S/C10H8F4O3/c11-9(12)10(13,14)5-17-7-4-2-1-3-6(7)8(15)16/h1-4,9H,5H2,(H,15,16). The highest BCUT2D eigenvalue weighted by atomic mass is 19.3. The Bertz CT molecular complexity index is 406. The van der Waals surface area contributed by atoms with Gasteiger partial charge in [0.1, 0.15) is 11.3 Å². The summed E-state index contributed by atoms with van der Waals surface area (Å²) in [5.41, 5.74) is -0.363. The second-order valence-corrected chi connectivity index (χ2v) is 3.15. The number of benzene rings is 1. The van der Waals surface area contributed by atoms with E-state index in [-0.39, 0.29) is 11.3 Å². The Labute approximate surface area is 93.6 Å². The molecular weight excluding hydrogens is 244 g/mol. The number of hydrogen-bond donors (Lipinski definition) is 1. The van der Waals surface area contributed by atoms with Crippen LogP contribution in [0.1, 0.15) is 10.4 Å². The number of halogens is 4. The van der Waals surface area contributed by atoms with E-state index >= 15 is 0 Å². The number of carboxylic acids is 1. The van der Waals surface area contributed by atoms with Crippen molar-refractivity contribution in [2.45, 2.75) is 12.3 Å². The normalized spacial score (nSPS) is 11.6. The average molecular weight is 252 g/mol. The zero-order valence-electron chi connectivity index (χ0n) is 8.37. The molecule has 1 rings (SSSR count). The molecule has 0 heterocycles. The molecule has 0 aliphatic rings. The topological polar surface area (TPSA) is 46.5 Å². The van der Waals surface area contributed by atoms with E-state index in [0.717, 1.165) is 12.1 Å². The van der Waals surface area contributed by atoms with Gasteiger partial charge in [0.15, 0.2) is 6.61 Å². The summed E-state index contributed by atoms with van der Waals surface area (Å²) in [4.78, 5) is 10.7. The molecule has 1 N–H and O–H groups in total. The molecule has 1 aromatic rings. The summed E-state index contributed by atoms with van der Waals surface area (Å²) in [6.07, 6.45) is -3.86. The molecule has 0 amide bonds. The second kappa shape index (κ2) is 5.03. The van der Waals surface area contributed by atoms with Crippen molar-refractivity contribution in [1.82, 2.24) is 0 Å². The summed E-state index contributed by atoms with van der Waals surface area (Å²) < 4.78 is 53.2. The Morgan fingerprint density at radius 2 is 1.94 bits per heavy atom. The first kappa shape index (κ1) is 13.3. The van der Waals surface area contributed by atoms with Gasteiger partial charge in [0.2, 0.25) is 0 Å². The molecule has 0 bridgehead atoms. The van der Waals surface area contributed by atoms with E-state index in [9.17, 15) is 22.4 Å². The molecule has 0 radical (unpaired) electrons. The van der Waals surface area contributed by atoms with Gasteiger partial charge >= 0.3 is 18.3 Å². The maximum Gasteiger partial charge on any atom is 0.340 e. The summed E-state index contributed by atoms with van der Waals surface area (Å²) in [6, 6.07) is 4.95. The van der Waals surface area contributed by atoms with Gasteiger partial charge in [-0.3, -0.25) is 0 Å². The molecule has 0 fully saturated rings. The quantitative estimate of drug-likeness (QED) is 0.819. The summed E-state index contributed by atoms with van der Waals surface area (Å²) in [6.45, 7) is -1.57. The summed E-state index contributed by atoms with van der Waals surface area (Å²) in [7, 11) is 0. The van der Waals surface area contributed by atoms with Crippen molar-refractivity contribution in [2.75, 3.05) is 6.61 Å². The van der Waals surface area contributed by atoms with Crippen LogP contribution in [0, 0.1) is 0 Å². The molecular formula is C10H8F4O3. The van der Waals surface area contributed by atoms with E-state index in [2.05, 4.69) is 4.74 Å². The van der Waals surface area contributed by atoms with E-state index in [4.69, 9.17) is 5.11 Å². The third kappa shape index (κ3) is 3.33. The highest BCUT2D eigenvalue weighted by molar-refractivity contribution is 5.90. The molecule has 0 atom stereocenters. The number of para-hydroxylation sites is 1. The van der Waals surface area contributed by atoms with Crippen LogP contribution in [0.15, 0.2) is 24.3 Å². The van der Waals surface area contributed by atoms with Crippen LogP contribution in [-0.2, 0) is 0 Å². The lowest BCUT2D eigenvalue weighted by atomic mass is 10.2. The lowest BCUT2D eigenvalue weighted by Gasteiger charge is -2.16. The number of carbonyl (C=O) groups is 1. The maximum absolute atomic E-state index is 12.5. The van der Waals surface area contributed by atoms with Crippen molar-refractivity contribution >= 4 is 5.97 Å². The van der Waals surface area contributed by atoms with Crippen molar-refractivity contribution in [2.24, 2.45) is 0 Å². The predicted octanol–water partition coefficient (Wildman–Crippen LogP) is 2.66. The summed E-state index contributed by atoms with van der Waals surface area (Å²) in [5, 5.41) is 8.69. The number of carboxylic acid groups (broad SMARTS) is 1. The average Bonchev–Trinajstić information content (AvgIpc) is 2.26. The Kier molecular flexibility index (Phi) is 3.93. The minimum absolute atomic E-state index is 0.363. The third-order valence-corrected chi connectivity index (χ3v) is 1.86. The van der Waals surface area contributed by atoms with Crippen LogP contribution in [0.5, 0.6) is 5.75 Å². The first-order chi connectivity index (χ1) is 7.84. The fourth-order valence-electron chi connectivity index (χ4n) is 1.01. The SMILES string of the molecule is O=C(O)c1ccccc1OCC(F)(F)C(F)F. The van der Waals surface area contributed by atoms with Gasteiger partial charge < -0.3 is 9.84 Å². The minimum Gasteiger partial charge on any atom is -0.486 e. The van der Waals surface area contributed by atoms with Gasteiger partial charge in [-0.15, -0.1) is 0 Å². The first-order valence-corrected chi connectivity index (χ1v) is 4.45. The molecule has 0 aliphatic carbocycles. The molecule has 0 aliphatic heterocycles. The highest BCUT2D eigenvalue weighted by Crippen LogP contribution is 2.25.